The molecule has 0 atom stereocenters. The minimum Gasteiger partial charge on any atom is -0.481 e. The van der Waals surface area contributed by atoms with Crippen molar-refractivity contribution in [3.63, 3.8) is 0 Å². The van der Waals surface area contributed by atoms with Gasteiger partial charge in [0.1, 0.15) is 5.82 Å². The Morgan fingerprint density at radius 1 is 1.42 bits per heavy atom. The number of carbonyl (C=O) groups excluding carboxylic acids is 1. The molecule has 128 valence electrons. The first-order chi connectivity index (χ1) is 11.3. The fourth-order valence-corrected chi connectivity index (χ4v) is 2.78. The SMILES string of the molecule is Cc1ccc(Cc2cnc(NC(=O)N(C)CCC(=O)O)s2)cc1F. The molecule has 1 heterocycles. The summed E-state index contributed by atoms with van der Waals surface area (Å²) in [6.07, 6.45) is 2.04. The Bertz CT molecular complexity index is 748. The van der Waals surface area contributed by atoms with Crippen molar-refractivity contribution in [1.29, 1.82) is 0 Å². The molecule has 2 amide bonds. The molecule has 24 heavy (non-hydrogen) atoms. The van der Waals surface area contributed by atoms with E-state index in [1.54, 1.807) is 19.2 Å². The van der Waals surface area contributed by atoms with Crippen LogP contribution >= 0.6 is 11.3 Å². The second kappa shape index (κ2) is 7.87. The summed E-state index contributed by atoms with van der Waals surface area (Å²) in [5.41, 5.74) is 1.43. The first kappa shape index (κ1) is 17.9. The van der Waals surface area contributed by atoms with Gasteiger partial charge < -0.3 is 10.0 Å². The molecule has 0 saturated carbocycles. The number of aryl methyl sites for hydroxylation is 1. The third-order valence-electron chi connectivity index (χ3n) is 3.39. The van der Waals surface area contributed by atoms with E-state index >= 15 is 0 Å². The van der Waals surface area contributed by atoms with Crippen LogP contribution in [0.25, 0.3) is 0 Å². The van der Waals surface area contributed by atoms with Crippen LogP contribution in [0, 0.1) is 12.7 Å². The smallest absolute Gasteiger partial charge is 0.323 e. The fraction of sp³-hybridized carbons (Fsp3) is 0.312. The number of halogens is 1. The van der Waals surface area contributed by atoms with Crippen LogP contribution in [0.2, 0.25) is 0 Å². The number of carbonyl (C=O) groups is 2. The maximum Gasteiger partial charge on any atom is 0.323 e. The summed E-state index contributed by atoms with van der Waals surface area (Å²) in [4.78, 5) is 28.7. The number of anilines is 1. The van der Waals surface area contributed by atoms with E-state index in [0.717, 1.165) is 10.4 Å². The molecule has 0 spiro atoms. The minimum atomic E-state index is -0.962. The van der Waals surface area contributed by atoms with Crippen LogP contribution in [0.15, 0.2) is 24.4 Å². The van der Waals surface area contributed by atoms with E-state index in [2.05, 4.69) is 10.3 Å². The summed E-state index contributed by atoms with van der Waals surface area (Å²) in [6, 6.07) is 4.66. The van der Waals surface area contributed by atoms with E-state index in [4.69, 9.17) is 5.11 Å². The lowest BCUT2D eigenvalue weighted by molar-refractivity contribution is -0.137. The standard InChI is InChI=1S/C16H18FN3O3S/c1-10-3-4-11(8-13(10)17)7-12-9-18-15(24-12)19-16(23)20(2)6-5-14(21)22/h3-4,8-9H,5-7H2,1-2H3,(H,21,22)(H,18,19,23). The maximum atomic E-state index is 13.6. The molecule has 1 aromatic heterocycles. The molecule has 2 aromatic rings. The zero-order valence-corrected chi connectivity index (χ0v) is 14.2. The topological polar surface area (TPSA) is 82.5 Å². The number of nitrogens with zero attached hydrogens (tertiary/aromatic N) is 2. The number of aromatic nitrogens is 1. The van der Waals surface area contributed by atoms with Gasteiger partial charge in [0.2, 0.25) is 0 Å². The van der Waals surface area contributed by atoms with Gasteiger partial charge in [0.25, 0.3) is 0 Å². The van der Waals surface area contributed by atoms with Crippen molar-refractivity contribution in [3.05, 3.63) is 46.2 Å². The summed E-state index contributed by atoms with van der Waals surface area (Å²) in [5.74, 6) is -1.21. The quantitative estimate of drug-likeness (QED) is 0.838. The number of hydrogen-bond acceptors (Lipinski definition) is 4. The molecule has 2 rings (SSSR count). The van der Waals surface area contributed by atoms with E-state index in [1.807, 2.05) is 6.07 Å². The zero-order chi connectivity index (χ0) is 17.7. The first-order valence-electron chi connectivity index (χ1n) is 7.29. The van der Waals surface area contributed by atoms with Crippen molar-refractivity contribution in [2.45, 2.75) is 19.8 Å². The van der Waals surface area contributed by atoms with Crippen molar-refractivity contribution in [2.75, 3.05) is 18.9 Å². The zero-order valence-electron chi connectivity index (χ0n) is 13.4. The van der Waals surface area contributed by atoms with Crippen molar-refractivity contribution >= 4 is 28.5 Å². The summed E-state index contributed by atoms with van der Waals surface area (Å²) in [5, 5.41) is 11.7. The van der Waals surface area contributed by atoms with Crippen LogP contribution in [0.3, 0.4) is 0 Å². The lowest BCUT2D eigenvalue weighted by atomic mass is 10.1. The number of amides is 2. The fourth-order valence-electron chi connectivity index (χ4n) is 1.95. The van der Waals surface area contributed by atoms with Gasteiger partial charge in [-0.3, -0.25) is 10.1 Å². The molecule has 2 N–H and O–H groups in total. The van der Waals surface area contributed by atoms with Gasteiger partial charge in [-0.1, -0.05) is 12.1 Å². The summed E-state index contributed by atoms with van der Waals surface area (Å²) >= 11 is 1.30. The normalized spacial score (nSPS) is 10.5. The van der Waals surface area contributed by atoms with Crippen LogP contribution < -0.4 is 5.32 Å². The van der Waals surface area contributed by atoms with E-state index in [-0.39, 0.29) is 18.8 Å². The number of hydrogen-bond donors (Lipinski definition) is 2. The molecule has 8 heteroatoms. The Morgan fingerprint density at radius 3 is 2.83 bits per heavy atom. The Kier molecular flexibility index (Phi) is 5.86. The van der Waals surface area contributed by atoms with Gasteiger partial charge in [-0.25, -0.2) is 14.2 Å². The van der Waals surface area contributed by atoms with Crippen LogP contribution in [-0.2, 0) is 11.2 Å². The number of thiazole rings is 1. The molecule has 0 aliphatic carbocycles. The van der Waals surface area contributed by atoms with Gasteiger partial charge in [0.05, 0.1) is 6.42 Å². The van der Waals surface area contributed by atoms with Crippen LogP contribution in [-0.4, -0.2) is 40.6 Å². The monoisotopic (exact) mass is 351 g/mol. The lowest BCUT2D eigenvalue weighted by Crippen LogP contribution is -2.33. The number of carboxylic acids is 1. The third-order valence-corrected chi connectivity index (χ3v) is 4.30. The van der Waals surface area contributed by atoms with E-state index in [1.165, 1.54) is 29.4 Å². The van der Waals surface area contributed by atoms with E-state index < -0.39 is 12.0 Å². The van der Waals surface area contributed by atoms with Crippen LogP contribution in [0.1, 0.15) is 22.4 Å². The number of carboxylic acid groups (broad SMARTS) is 1. The molecule has 6 nitrogen and oxygen atoms in total. The summed E-state index contributed by atoms with van der Waals surface area (Å²) < 4.78 is 13.6. The van der Waals surface area contributed by atoms with Gasteiger partial charge in [-0.15, -0.1) is 11.3 Å². The summed E-state index contributed by atoms with van der Waals surface area (Å²) in [6.45, 7) is 1.82. The largest absolute Gasteiger partial charge is 0.481 e. The molecule has 0 bridgehead atoms. The summed E-state index contributed by atoms with van der Waals surface area (Å²) in [7, 11) is 1.52. The molecular formula is C16H18FN3O3S. The molecule has 0 aliphatic rings. The number of aliphatic carboxylic acids is 1. The highest BCUT2D eigenvalue weighted by molar-refractivity contribution is 7.15. The molecule has 0 aliphatic heterocycles. The third kappa shape index (κ3) is 5.02. The lowest BCUT2D eigenvalue weighted by Gasteiger charge is -2.15. The van der Waals surface area contributed by atoms with Gasteiger partial charge >= 0.3 is 12.0 Å². The second-order valence-corrected chi connectivity index (χ2v) is 6.50. The average molecular weight is 351 g/mol. The van der Waals surface area contributed by atoms with Crippen molar-refractivity contribution in [3.8, 4) is 0 Å². The highest BCUT2D eigenvalue weighted by Crippen LogP contribution is 2.22. The number of benzene rings is 1. The van der Waals surface area contributed by atoms with Crippen LogP contribution in [0.4, 0.5) is 14.3 Å². The Balaban J connectivity index is 1.93. The predicted molar refractivity (Wildman–Crippen MR) is 90.0 cm³/mol. The number of nitrogens with one attached hydrogen (secondary N) is 1. The maximum absolute atomic E-state index is 13.6. The highest BCUT2D eigenvalue weighted by atomic mass is 32.1. The predicted octanol–water partition coefficient (Wildman–Crippen LogP) is 3.12. The van der Waals surface area contributed by atoms with Crippen molar-refractivity contribution < 1.29 is 19.1 Å². The Hall–Kier alpha value is -2.48. The first-order valence-corrected chi connectivity index (χ1v) is 8.10. The number of rotatable bonds is 6. The minimum absolute atomic E-state index is 0.113. The van der Waals surface area contributed by atoms with Crippen molar-refractivity contribution in [2.24, 2.45) is 0 Å². The Morgan fingerprint density at radius 2 is 2.17 bits per heavy atom. The molecule has 0 saturated heterocycles. The van der Waals surface area contributed by atoms with Crippen molar-refractivity contribution in [1.82, 2.24) is 9.88 Å². The molecule has 1 aromatic carbocycles. The number of urea groups is 1. The van der Waals surface area contributed by atoms with Gasteiger partial charge in [-0.05, 0) is 24.1 Å². The Labute approximate surface area is 142 Å². The van der Waals surface area contributed by atoms with E-state index in [0.29, 0.717) is 17.1 Å². The van der Waals surface area contributed by atoms with E-state index in [9.17, 15) is 14.0 Å². The van der Waals surface area contributed by atoms with Gasteiger partial charge in [0.15, 0.2) is 5.13 Å². The van der Waals surface area contributed by atoms with Crippen LogP contribution in [0.5, 0.6) is 0 Å². The molecular weight excluding hydrogens is 333 g/mol. The molecule has 0 radical (unpaired) electrons. The van der Waals surface area contributed by atoms with Gasteiger partial charge in [0, 0.05) is 31.1 Å². The molecule has 0 unspecified atom stereocenters. The second-order valence-electron chi connectivity index (χ2n) is 5.39. The molecule has 0 fully saturated rings. The van der Waals surface area contributed by atoms with Gasteiger partial charge in [-0.2, -0.15) is 0 Å². The highest BCUT2D eigenvalue weighted by Gasteiger charge is 2.12. The average Bonchev–Trinajstić information content (AvgIpc) is 2.95.